The molecule has 1 N–H and O–H groups in total. The topological polar surface area (TPSA) is 76.5 Å². The van der Waals surface area contributed by atoms with Gasteiger partial charge >= 0.3 is 6.09 Å². The minimum absolute atomic E-state index is 0.0245. The number of aromatic nitrogens is 2. The molecule has 1 saturated heterocycles. The Morgan fingerprint density at radius 2 is 2.25 bits per heavy atom. The fourth-order valence-corrected chi connectivity index (χ4v) is 2.13. The van der Waals surface area contributed by atoms with Crippen molar-refractivity contribution in [2.24, 2.45) is 0 Å². The molecule has 0 aliphatic carbocycles. The fraction of sp³-hybridized carbons (Fsp3) is 0.583. The first-order valence-electron chi connectivity index (χ1n) is 6.37. The van der Waals surface area contributed by atoms with E-state index >= 15 is 0 Å². The van der Waals surface area contributed by atoms with Gasteiger partial charge in [0.1, 0.15) is 13.2 Å². The fourth-order valence-electron chi connectivity index (χ4n) is 1.99. The zero-order valence-corrected chi connectivity index (χ0v) is 12.2. The van der Waals surface area contributed by atoms with Crippen molar-refractivity contribution in [2.45, 2.75) is 20.4 Å². The highest BCUT2D eigenvalue weighted by molar-refractivity contribution is 6.31. The molecule has 0 saturated carbocycles. The van der Waals surface area contributed by atoms with Crippen LogP contribution in [-0.4, -0.2) is 52.9 Å². The Hall–Kier alpha value is -1.76. The highest BCUT2D eigenvalue weighted by Crippen LogP contribution is 2.18. The van der Waals surface area contributed by atoms with Gasteiger partial charge in [0.05, 0.1) is 29.5 Å². The lowest BCUT2D eigenvalue weighted by atomic mass is 10.4. The molecule has 110 valence electrons. The lowest BCUT2D eigenvalue weighted by Gasteiger charge is -2.12. The molecule has 0 radical (unpaired) electrons. The number of cyclic esters (lactones) is 1. The lowest BCUT2D eigenvalue weighted by Crippen LogP contribution is -2.38. The third kappa shape index (κ3) is 3.22. The minimum atomic E-state index is -0.439. The molecule has 7 nitrogen and oxygen atoms in total. The van der Waals surface area contributed by atoms with Gasteiger partial charge < -0.3 is 10.1 Å². The van der Waals surface area contributed by atoms with Gasteiger partial charge in [-0.2, -0.15) is 5.10 Å². The summed E-state index contributed by atoms with van der Waals surface area (Å²) in [6.45, 7) is 5.51. The molecule has 1 fully saturated rings. The molecule has 0 unspecified atom stereocenters. The van der Waals surface area contributed by atoms with E-state index in [4.69, 9.17) is 16.3 Å². The van der Waals surface area contributed by atoms with Gasteiger partial charge in [-0.1, -0.05) is 11.6 Å². The molecule has 2 amide bonds. The van der Waals surface area contributed by atoms with Crippen LogP contribution in [0.4, 0.5) is 4.79 Å². The van der Waals surface area contributed by atoms with E-state index in [2.05, 4.69) is 10.4 Å². The standard InChI is InChI=1S/C12H17ClN4O3/c1-8-11(13)9(2)17(15-8)4-3-14-10(18)7-16-5-6-20-12(16)19/h3-7H2,1-2H3,(H,14,18). The quantitative estimate of drug-likeness (QED) is 0.869. The molecule has 1 aliphatic heterocycles. The van der Waals surface area contributed by atoms with Gasteiger partial charge in [-0.25, -0.2) is 4.79 Å². The van der Waals surface area contributed by atoms with Gasteiger partial charge in [-0.05, 0) is 13.8 Å². The number of aryl methyl sites for hydroxylation is 1. The lowest BCUT2D eigenvalue weighted by molar-refractivity contribution is -0.121. The predicted octanol–water partition coefficient (Wildman–Crippen LogP) is 0.722. The average molecular weight is 301 g/mol. The SMILES string of the molecule is Cc1nn(CCNC(=O)CN2CCOC2=O)c(C)c1Cl. The van der Waals surface area contributed by atoms with Gasteiger partial charge in [-0.3, -0.25) is 14.4 Å². The van der Waals surface area contributed by atoms with E-state index in [1.165, 1.54) is 4.90 Å². The van der Waals surface area contributed by atoms with Gasteiger partial charge in [-0.15, -0.1) is 0 Å². The Balaban J connectivity index is 1.76. The number of carbonyl (C=O) groups excluding carboxylic acids is 2. The maximum absolute atomic E-state index is 11.7. The van der Waals surface area contributed by atoms with Crippen LogP contribution >= 0.6 is 11.6 Å². The monoisotopic (exact) mass is 300 g/mol. The van der Waals surface area contributed by atoms with Crippen LogP contribution in [-0.2, 0) is 16.1 Å². The van der Waals surface area contributed by atoms with E-state index in [1.807, 2.05) is 13.8 Å². The van der Waals surface area contributed by atoms with Crippen LogP contribution in [0.5, 0.6) is 0 Å². The first-order chi connectivity index (χ1) is 9.49. The Bertz CT molecular complexity index is 529. The van der Waals surface area contributed by atoms with Gasteiger partial charge in [0.25, 0.3) is 0 Å². The molecule has 2 heterocycles. The van der Waals surface area contributed by atoms with Crippen LogP contribution in [0, 0.1) is 13.8 Å². The van der Waals surface area contributed by atoms with Crippen molar-refractivity contribution in [1.29, 1.82) is 0 Å². The van der Waals surface area contributed by atoms with Crippen LogP contribution in [0.2, 0.25) is 5.02 Å². The zero-order valence-electron chi connectivity index (χ0n) is 11.5. The molecule has 8 heteroatoms. The highest BCUT2D eigenvalue weighted by atomic mass is 35.5. The van der Waals surface area contributed by atoms with E-state index in [0.29, 0.717) is 31.3 Å². The summed E-state index contributed by atoms with van der Waals surface area (Å²) in [5, 5.41) is 7.66. The maximum Gasteiger partial charge on any atom is 0.410 e. The molecular formula is C12H17ClN4O3. The molecule has 0 spiro atoms. The first-order valence-corrected chi connectivity index (χ1v) is 6.74. The molecule has 1 aliphatic rings. The van der Waals surface area contributed by atoms with Gasteiger partial charge in [0, 0.05) is 6.54 Å². The molecule has 1 aromatic rings. The van der Waals surface area contributed by atoms with Crippen molar-refractivity contribution in [3.63, 3.8) is 0 Å². The Labute approximate surface area is 121 Å². The van der Waals surface area contributed by atoms with Crippen LogP contribution in [0.15, 0.2) is 0 Å². The number of nitrogens with zero attached hydrogens (tertiary/aromatic N) is 3. The van der Waals surface area contributed by atoms with Crippen LogP contribution in [0.1, 0.15) is 11.4 Å². The number of carbonyl (C=O) groups is 2. The summed E-state index contributed by atoms with van der Waals surface area (Å²) in [7, 11) is 0. The van der Waals surface area contributed by atoms with E-state index in [9.17, 15) is 9.59 Å². The Morgan fingerprint density at radius 1 is 1.50 bits per heavy atom. The summed E-state index contributed by atoms with van der Waals surface area (Å²) in [4.78, 5) is 24.2. The predicted molar refractivity (Wildman–Crippen MR) is 72.6 cm³/mol. The smallest absolute Gasteiger partial charge is 0.410 e. The molecule has 0 atom stereocenters. The number of amides is 2. The van der Waals surface area contributed by atoms with Crippen molar-refractivity contribution in [3.8, 4) is 0 Å². The van der Waals surface area contributed by atoms with Crippen LogP contribution in [0.25, 0.3) is 0 Å². The summed E-state index contributed by atoms with van der Waals surface area (Å²) in [6, 6.07) is 0. The summed E-state index contributed by atoms with van der Waals surface area (Å²) in [6.07, 6.45) is -0.439. The largest absolute Gasteiger partial charge is 0.448 e. The van der Waals surface area contributed by atoms with Gasteiger partial charge in [0.2, 0.25) is 5.91 Å². The van der Waals surface area contributed by atoms with Crippen molar-refractivity contribution < 1.29 is 14.3 Å². The summed E-state index contributed by atoms with van der Waals surface area (Å²) >= 11 is 6.04. The van der Waals surface area contributed by atoms with Crippen molar-refractivity contribution in [1.82, 2.24) is 20.0 Å². The number of hydrogen-bond acceptors (Lipinski definition) is 4. The van der Waals surface area contributed by atoms with E-state index < -0.39 is 6.09 Å². The molecule has 0 aromatic carbocycles. The van der Waals surface area contributed by atoms with E-state index in [0.717, 1.165) is 11.4 Å². The molecule has 0 bridgehead atoms. The van der Waals surface area contributed by atoms with Crippen molar-refractivity contribution >= 4 is 23.6 Å². The molecule has 1 aromatic heterocycles. The molecular weight excluding hydrogens is 284 g/mol. The normalized spacial score (nSPS) is 14.6. The molecule has 20 heavy (non-hydrogen) atoms. The Kier molecular flexibility index (Phi) is 4.49. The van der Waals surface area contributed by atoms with Gasteiger partial charge in [0.15, 0.2) is 0 Å². The third-order valence-corrected chi connectivity index (χ3v) is 3.67. The highest BCUT2D eigenvalue weighted by Gasteiger charge is 2.23. The van der Waals surface area contributed by atoms with Crippen molar-refractivity contribution in [3.05, 3.63) is 16.4 Å². The second-order valence-electron chi connectivity index (χ2n) is 4.59. The van der Waals surface area contributed by atoms with Crippen LogP contribution in [0.3, 0.4) is 0 Å². The second-order valence-corrected chi connectivity index (χ2v) is 4.97. The van der Waals surface area contributed by atoms with E-state index in [-0.39, 0.29) is 12.5 Å². The summed E-state index contributed by atoms with van der Waals surface area (Å²) in [5.74, 6) is -0.212. The molecule has 2 rings (SSSR count). The zero-order chi connectivity index (χ0) is 14.7. The third-order valence-electron chi connectivity index (χ3n) is 3.12. The second kappa shape index (κ2) is 6.13. The maximum atomic E-state index is 11.7. The van der Waals surface area contributed by atoms with E-state index in [1.54, 1.807) is 4.68 Å². The number of nitrogens with one attached hydrogen (secondary N) is 1. The summed E-state index contributed by atoms with van der Waals surface area (Å²) in [5.41, 5.74) is 1.65. The number of halogens is 1. The minimum Gasteiger partial charge on any atom is -0.448 e. The van der Waals surface area contributed by atoms with Crippen molar-refractivity contribution in [2.75, 3.05) is 26.2 Å². The first kappa shape index (κ1) is 14.6. The number of hydrogen-bond donors (Lipinski definition) is 1. The Morgan fingerprint density at radius 3 is 2.80 bits per heavy atom. The average Bonchev–Trinajstić information content (AvgIpc) is 2.90. The van der Waals surface area contributed by atoms with Crippen LogP contribution < -0.4 is 5.32 Å². The number of ether oxygens (including phenoxy) is 1. The summed E-state index contributed by atoms with van der Waals surface area (Å²) < 4.78 is 6.50. The number of rotatable bonds is 5.